The maximum Gasteiger partial charge on any atom is 0.185 e. The number of rotatable bonds is 3. The number of carbonyl (C=O) groups excluding carboxylic acids is 1. The van der Waals surface area contributed by atoms with E-state index in [4.69, 9.17) is 11.6 Å². The van der Waals surface area contributed by atoms with Gasteiger partial charge in [0, 0.05) is 5.02 Å². The molecule has 1 atom stereocenters. The topological polar surface area (TPSA) is 60.7 Å². The Kier molecular flexibility index (Phi) is 2.96. The van der Waals surface area contributed by atoms with Crippen LogP contribution in [0, 0.1) is 0 Å². The minimum absolute atomic E-state index is 0.354. The van der Waals surface area contributed by atoms with Crippen molar-refractivity contribution < 1.29 is 4.79 Å². The van der Waals surface area contributed by atoms with Crippen molar-refractivity contribution in [3.8, 4) is 5.69 Å². The second-order valence-corrected chi connectivity index (χ2v) is 3.78. The van der Waals surface area contributed by atoms with Crippen LogP contribution in [0.25, 0.3) is 5.69 Å². The second-order valence-electron chi connectivity index (χ2n) is 3.34. The van der Waals surface area contributed by atoms with Gasteiger partial charge in [0.05, 0.1) is 11.6 Å². The molecule has 0 amide bonds. The van der Waals surface area contributed by atoms with Crippen LogP contribution in [0.1, 0.15) is 18.7 Å². The van der Waals surface area contributed by atoms with E-state index in [2.05, 4.69) is 15.4 Å². The molecule has 2 rings (SSSR count). The normalized spacial score (nSPS) is 12.4. The van der Waals surface area contributed by atoms with E-state index in [1.54, 1.807) is 25.1 Å². The van der Waals surface area contributed by atoms with Gasteiger partial charge in [-0.05, 0) is 30.3 Å². The Labute approximate surface area is 97.0 Å². The van der Waals surface area contributed by atoms with Gasteiger partial charge in [0.2, 0.25) is 0 Å². The molecule has 0 aliphatic heterocycles. The lowest BCUT2D eigenvalue weighted by atomic mass is 10.2. The number of aromatic nitrogens is 4. The van der Waals surface area contributed by atoms with E-state index >= 15 is 0 Å². The van der Waals surface area contributed by atoms with Crippen LogP contribution >= 0.6 is 11.6 Å². The van der Waals surface area contributed by atoms with Gasteiger partial charge in [-0.15, -0.1) is 15.0 Å². The van der Waals surface area contributed by atoms with Crippen molar-refractivity contribution in [2.24, 2.45) is 0 Å². The summed E-state index contributed by atoms with van der Waals surface area (Å²) in [5.41, 5.74) is 0.712. The molecule has 0 N–H and O–H groups in total. The molecule has 0 fully saturated rings. The van der Waals surface area contributed by atoms with Crippen LogP contribution in [-0.2, 0) is 4.79 Å². The van der Waals surface area contributed by atoms with Crippen LogP contribution in [0.4, 0.5) is 0 Å². The van der Waals surface area contributed by atoms with Crippen LogP contribution < -0.4 is 0 Å². The maximum atomic E-state index is 10.6. The zero-order chi connectivity index (χ0) is 11.5. The first-order valence-corrected chi connectivity index (χ1v) is 5.09. The zero-order valence-electron chi connectivity index (χ0n) is 8.54. The third-order valence-corrected chi connectivity index (χ3v) is 2.31. The van der Waals surface area contributed by atoms with Crippen molar-refractivity contribution in [3.05, 3.63) is 35.1 Å². The number of halogens is 1. The van der Waals surface area contributed by atoms with E-state index in [0.29, 0.717) is 16.5 Å². The van der Waals surface area contributed by atoms with E-state index in [9.17, 15) is 4.79 Å². The highest BCUT2D eigenvalue weighted by Crippen LogP contribution is 2.13. The molecule has 1 unspecified atom stereocenters. The predicted octanol–water partition coefficient (Wildman–Crippen LogP) is 1.62. The Hall–Kier alpha value is -1.75. The molecule has 1 aromatic carbocycles. The van der Waals surface area contributed by atoms with Gasteiger partial charge in [0.1, 0.15) is 6.29 Å². The van der Waals surface area contributed by atoms with Gasteiger partial charge >= 0.3 is 0 Å². The summed E-state index contributed by atoms with van der Waals surface area (Å²) in [6.07, 6.45) is 0.777. The molecule has 6 heteroatoms. The van der Waals surface area contributed by atoms with Gasteiger partial charge in [-0.1, -0.05) is 17.7 Å². The lowest BCUT2D eigenvalue weighted by Gasteiger charge is -1.98. The van der Waals surface area contributed by atoms with Gasteiger partial charge < -0.3 is 4.79 Å². The number of aldehydes is 1. The Balaban J connectivity index is 2.35. The fourth-order valence-corrected chi connectivity index (χ4v) is 1.36. The molecule has 0 aliphatic rings. The fourth-order valence-electron chi connectivity index (χ4n) is 1.18. The summed E-state index contributed by atoms with van der Waals surface area (Å²) >= 11 is 5.85. The SMILES string of the molecule is CC(C=O)c1nnn(-c2cccc(Cl)c2)n1. The molecule has 0 aliphatic carbocycles. The summed E-state index contributed by atoms with van der Waals surface area (Å²) in [6, 6.07) is 7.09. The molecule has 0 bridgehead atoms. The number of hydrogen-bond acceptors (Lipinski definition) is 4. The van der Waals surface area contributed by atoms with E-state index in [1.807, 2.05) is 6.07 Å². The average Bonchev–Trinajstić information content (AvgIpc) is 2.77. The van der Waals surface area contributed by atoms with Crippen molar-refractivity contribution in [2.75, 3.05) is 0 Å². The summed E-state index contributed by atoms with van der Waals surface area (Å²) in [5.74, 6) is 0.0444. The minimum atomic E-state index is -0.354. The molecule has 16 heavy (non-hydrogen) atoms. The quantitative estimate of drug-likeness (QED) is 0.760. The zero-order valence-corrected chi connectivity index (χ0v) is 9.30. The van der Waals surface area contributed by atoms with Crippen molar-refractivity contribution >= 4 is 17.9 Å². The molecule has 0 radical (unpaired) electrons. The molecule has 5 nitrogen and oxygen atoms in total. The highest BCUT2D eigenvalue weighted by Gasteiger charge is 2.11. The maximum absolute atomic E-state index is 10.6. The van der Waals surface area contributed by atoms with E-state index < -0.39 is 0 Å². The first-order valence-electron chi connectivity index (χ1n) is 4.72. The summed E-state index contributed by atoms with van der Waals surface area (Å²) < 4.78 is 0. The van der Waals surface area contributed by atoms with Crippen LogP contribution in [0.5, 0.6) is 0 Å². The molecule has 1 heterocycles. The number of carbonyl (C=O) groups is 1. The first kappa shape index (κ1) is 10.8. The Morgan fingerprint density at radius 1 is 1.50 bits per heavy atom. The van der Waals surface area contributed by atoms with Crippen molar-refractivity contribution in [1.29, 1.82) is 0 Å². The van der Waals surface area contributed by atoms with Gasteiger partial charge in [-0.2, -0.15) is 0 Å². The number of nitrogens with zero attached hydrogens (tertiary/aromatic N) is 4. The molecular weight excluding hydrogens is 228 g/mol. The molecule has 2 aromatic rings. The smallest absolute Gasteiger partial charge is 0.185 e. The van der Waals surface area contributed by atoms with Crippen LogP contribution in [0.15, 0.2) is 24.3 Å². The largest absolute Gasteiger partial charge is 0.303 e. The highest BCUT2D eigenvalue weighted by molar-refractivity contribution is 6.30. The lowest BCUT2D eigenvalue weighted by Crippen LogP contribution is -2.01. The van der Waals surface area contributed by atoms with Crippen LogP contribution in [-0.4, -0.2) is 26.5 Å². The molecule has 0 saturated heterocycles. The first-order chi connectivity index (χ1) is 7.70. The van der Waals surface area contributed by atoms with Gasteiger partial charge in [-0.3, -0.25) is 0 Å². The summed E-state index contributed by atoms with van der Waals surface area (Å²) in [5, 5.41) is 12.3. The third-order valence-electron chi connectivity index (χ3n) is 2.08. The minimum Gasteiger partial charge on any atom is -0.303 e. The lowest BCUT2D eigenvalue weighted by molar-refractivity contribution is -0.108. The van der Waals surface area contributed by atoms with E-state index in [1.165, 1.54) is 4.80 Å². The van der Waals surface area contributed by atoms with Crippen LogP contribution in [0.2, 0.25) is 5.02 Å². The summed E-state index contributed by atoms with van der Waals surface area (Å²) in [4.78, 5) is 11.9. The van der Waals surface area contributed by atoms with Gasteiger partial charge in [0.15, 0.2) is 5.82 Å². The van der Waals surface area contributed by atoms with E-state index in [0.717, 1.165) is 6.29 Å². The van der Waals surface area contributed by atoms with Gasteiger partial charge in [0.25, 0.3) is 0 Å². The average molecular weight is 237 g/mol. The van der Waals surface area contributed by atoms with Gasteiger partial charge in [-0.25, -0.2) is 0 Å². The highest BCUT2D eigenvalue weighted by atomic mass is 35.5. The van der Waals surface area contributed by atoms with Crippen molar-refractivity contribution in [2.45, 2.75) is 12.8 Å². The summed E-state index contributed by atoms with van der Waals surface area (Å²) in [6.45, 7) is 1.71. The Bertz CT molecular complexity index is 511. The van der Waals surface area contributed by atoms with Crippen molar-refractivity contribution in [1.82, 2.24) is 20.2 Å². The molecule has 82 valence electrons. The summed E-state index contributed by atoms with van der Waals surface area (Å²) in [7, 11) is 0. The Morgan fingerprint density at radius 3 is 3.00 bits per heavy atom. The third kappa shape index (κ3) is 2.09. The predicted molar refractivity (Wildman–Crippen MR) is 58.6 cm³/mol. The number of tetrazole rings is 1. The second kappa shape index (κ2) is 4.40. The molecule has 0 spiro atoms. The van der Waals surface area contributed by atoms with E-state index in [-0.39, 0.29) is 5.92 Å². The fraction of sp³-hybridized carbons (Fsp3) is 0.200. The number of hydrogen-bond donors (Lipinski definition) is 0. The Morgan fingerprint density at radius 2 is 2.31 bits per heavy atom. The molecular formula is C10H9ClN4O. The standard InChI is InChI=1S/C10H9ClN4O/c1-7(6-16)10-12-14-15(13-10)9-4-2-3-8(11)5-9/h2-7H,1H3. The molecule has 0 saturated carbocycles. The van der Waals surface area contributed by atoms with Crippen molar-refractivity contribution in [3.63, 3.8) is 0 Å². The number of benzene rings is 1. The van der Waals surface area contributed by atoms with Crippen LogP contribution in [0.3, 0.4) is 0 Å². The monoisotopic (exact) mass is 236 g/mol. The molecule has 1 aromatic heterocycles.